The molecule has 3 nitrogen and oxygen atoms in total. The first-order chi connectivity index (χ1) is 12.9. The molecule has 0 saturated carbocycles. The monoisotopic (exact) mass is 378 g/mol. The van der Waals surface area contributed by atoms with Gasteiger partial charge in [0.05, 0.1) is 0 Å². The Morgan fingerprint density at radius 3 is 2.37 bits per heavy atom. The summed E-state index contributed by atoms with van der Waals surface area (Å²) in [6.45, 7) is 7.46. The number of carbonyl (C=O) groups excluding carboxylic acids is 1. The number of thioether (sulfide) groups is 1. The zero-order chi connectivity index (χ0) is 19.3. The number of carbonyl (C=O) groups is 1. The molecule has 1 N–H and O–H groups in total. The van der Waals surface area contributed by atoms with Crippen molar-refractivity contribution in [2.45, 2.75) is 32.6 Å². The normalized spacial score (nSPS) is 14.9. The minimum absolute atomic E-state index is 0.00540. The Morgan fingerprint density at radius 1 is 1.07 bits per heavy atom. The van der Waals surface area contributed by atoms with Crippen molar-refractivity contribution in [2.24, 2.45) is 4.99 Å². The molecule has 1 aliphatic heterocycles. The molecule has 2 aromatic rings. The van der Waals surface area contributed by atoms with Crippen LogP contribution in [0.5, 0.6) is 0 Å². The van der Waals surface area contributed by atoms with Gasteiger partial charge in [-0.1, -0.05) is 62.9 Å². The molecule has 0 saturated heterocycles. The second-order valence-corrected chi connectivity index (χ2v) is 8.74. The van der Waals surface area contributed by atoms with Crippen LogP contribution in [0.2, 0.25) is 0 Å². The third kappa shape index (κ3) is 5.57. The van der Waals surface area contributed by atoms with Crippen molar-refractivity contribution in [3.05, 3.63) is 71.3 Å². The molecule has 1 aliphatic rings. The fraction of sp³-hybridized carbons (Fsp3) is 0.304. The van der Waals surface area contributed by atoms with E-state index in [-0.39, 0.29) is 11.2 Å². The minimum atomic E-state index is 0.00540. The lowest BCUT2D eigenvalue weighted by atomic mass is 9.87. The lowest BCUT2D eigenvalue weighted by molar-refractivity contribution is 0.104. The summed E-state index contributed by atoms with van der Waals surface area (Å²) in [7, 11) is 0. The van der Waals surface area contributed by atoms with E-state index in [1.54, 1.807) is 17.8 Å². The standard InChI is InChI=1S/C23H26N2OS/c1-23(2,3)19-10-5-17(6-11-19)7-14-21(26)18-8-12-20(13-9-18)25-22-24-15-4-16-27-22/h5-14H,4,15-16H2,1-3H3,(H,24,25). The molecule has 0 aromatic heterocycles. The van der Waals surface area contributed by atoms with Gasteiger partial charge in [0.15, 0.2) is 11.0 Å². The van der Waals surface area contributed by atoms with E-state index in [4.69, 9.17) is 0 Å². The van der Waals surface area contributed by atoms with Gasteiger partial charge in [-0.15, -0.1) is 0 Å². The molecule has 0 unspecified atom stereocenters. The van der Waals surface area contributed by atoms with Gasteiger partial charge in [-0.3, -0.25) is 9.79 Å². The van der Waals surface area contributed by atoms with Crippen LogP contribution in [-0.2, 0) is 5.41 Å². The molecule has 0 fully saturated rings. The fourth-order valence-corrected chi connectivity index (χ4v) is 3.58. The summed E-state index contributed by atoms with van der Waals surface area (Å²) in [5.74, 6) is 1.11. The molecular formula is C23H26N2OS. The highest BCUT2D eigenvalue weighted by Gasteiger charge is 2.12. The molecule has 0 radical (unpaired) electrons. The van der Waals surface area contributed by atoms with Gasteiger partial charge >= 0.3 is 0 Å². The lowest BCUT2D eigenvalue weighted by Gasteiger charge is -2.18. The summed E-state index contributed by atoms with van der Waals surface area (Å²) in [5.41, 5.74) is 4.09. The molecule has 0 atom stereocenters. The molecule has 3 rings (SSSR count). The highest BCUT2D eigenvalue weighted by Crippen LogP contribution is 2.22. The summed E-state index contributed by atoms with van der Waals surface area (Å²) in [6, 6.07) is 15.9. The van der Waals surface area contributed by atoms with E-state index >= 15 is 0 Å². The van der Waals surface area contributed by atoms with Gasteiger partial charge in [0, 0.05) is 23.5 Å². The van der Waals surface area contributed by atoms with Crippen molar-refractivity contribution < 1.29 is 4.79 Å². The van der Waals surface area contributed by atoms with Crippen LogP contribution in [-0.4, -0.2) is 23.2 Å². The Hall–Kier alpha value is -2.33. The van der Waals surface area contributed by atoms with Crippen LogP contribution in [0.25, 0.3) is 6.08 Å². The summed E-state index contributed by atoms with van der Waals surface area (Å²) in [4.78, 5) is 16.9. The second kappa shape index (κ2) is 8.57. The van der Waals surface area contributed by atoms with Crippen LogP contribution >= 0.6 is 11.8 Å². The maximum Gasteiger partial charge on any atom is 0.185 e. The smallest absolute Gasteiger partial charge is 0.185 e. The number of hydrogen-bond acceptors (Lipinski definition) is 4. The van der Waals surface area contributed by atoms with Crippen molar-refractivity contribution in [3.63, 3.8) is 0 Å². The van der Waals surface area contributed by atoms with Crippen LogP contribution in [0.15, 0.2) is 59.6 Å². The Morgan fingerprint density at radius 2 is 1.78 bits per heavy atom. The maximum absolute atomic E-state index is 12.4. The van der Waals surface area contributed by atoms with Crippen molar-refractivity contribution in [2.75, 3.05) is 17.6 Å². The molecule has 1 heterocycles. The van der Waals surface area contributed by atoms with Crippen molar-refractivity contribution in [3.8, 4) is 0 Å². The first-order valence-electron chi connectivity index (χ1n) is 9.29. The number of aliphatic imine (C=N–C) groups is 1. The topological polar surface area (TPSA) is 41.5 Å². The number of rotatable bonds is 4. The number of allylic oxidation sites excluding steroid dienone is 1. The molecule has 4 heteroatoms. The Kier molecular flexibility index (Phi) is 6.17. The van der Waals surface area contributed by atoms with E-state index in [1.165, 1.54) is 5.56 Å². The van der Waals surface area contributed by atoms with Gasteiger partial charge in [-0.25, -0.2) is 0 Å². The third-order valence-electron chi connectivity index (χ3n) is 4.42. The Bertz CT molecular complexity index is 843. The molecule has 0 spiro atoms. The van der Waals surface area contributed by atoms with Gasteiger partial charge in [0.1, 0.15) is 0 Å². The second-order valence-electron chi connectivity index (χ2n) is 7.66. The van der Waals surface area contributed by atoms with E-state index < -0.39 is 0 Å². The van der Waals surface area contributed by atoms with Crippen LogP contribution in [0.1, 0.15) is 48.7 Å². The average molecular weight is 379 g/mol. The highest BCUT2D eigenvalue weighted by atomic mass is 32.2. The summed E-state index contributed by atoms with van der Waals surface area (Å²) in [6.07, 6.45) is 4.64. The molecule has 140 valence electrons. The fourth-order valence-electron chi connectivity index (χ4n) is 2.74. The quantitative estimate of drug-likeness (QED) is 0.541. The van der Waals surface area contributed by atoms with Crippen molar-refractivity contribution in [1.29, 1.82) is 0 Å². The molecule has 2 aromatic carbocycles. The largest absolute Gasteiger partial charge is 0.335 e. The van der Waals surface area contributed by atoms with E-state index in [9.17, 15) is 4.79 Å². The first-order valence-corrected chi connectivity index (χ1v) is 10.3. The van der Waals surface area contributed by atoms with Crippen LogP contribution in [0.3, 0.4) is 0 Å². The van der Waals surface area contributed by atoms with Gasteiger partial charge in [0.2, 0.25) is 0 Å². The summed E-state index contributed by atoms with van der Waals surface area (Å²) in [5, 5.41) is 4.26. The number of benzene rings is 2. The van der Waals surface area contributed by atoms with E-state index in [1.807, 2.05) is 30.3 Å². The molecule has 0 bridgehead atoms. The first kappa shape index (κ1) is 19.4. The van der Waals surface area contributed by atoms with E-state index in [0.717, 1.165) is 35.1 Å². The van der Waals surface area contributed by atoms with Crippen LogP contribution in [0.4, 0.5) is 5.69 Å². The lowest BCUT2D eigenvalue weighted by Crippen LogP contribution is -2.13. The zero-order valence-corrected chi connectivity index (χ0v) is 17.0. The number of amidine groups is 1. The van der Waals surface area contributed by atoms with Crippen molar-refractivity contribution >= 4 is 34.5 Å². The predicted molar refractivity (Wildman–Crippen MR) is 118 cm³/mol. The van der Waals surface area contributed by atoms with Gasteiger partial charge in [-0.05, 0) is 53.3 Å². The molecule has 0 aliphatic carbocycles. The number of ketones is 1. The van der Waals surface area contributed by atoms with Crippen molar-refractivity contribution in [1.82, 2.24) is 0 Å². The van der Waals surface area contributed by atoms with E-state index in [0.29, 0.717) is 5.56 Å². The predicted octanol–water partition coefficient (Wildman–Crippen LogP) is 5.79. The summed E-state index contributed by atoms with van der Waals surface area (Å²) < 4.78 is 0. The number of anilines is 1. The highest BCUT2D eigenvalue weighted by molar-refractivity contribution is 8.14. The molecule has 27 heavy (non-hydrogen) atoms. The van der Waals surface area contributed by atoms with Gasteiger partial charge < -0.3 is 5.32 Å². The summed E-state index contributed by atoms with van der Waals surface area (Å²) >= 11 is 1.74. The van der Waals surface area contributed by atoms with Crippen LogP contribution in [0, 0.1) is 0 Å². The SMILES string of the molecule is CC(C)(C)c1ccc(C=CC(=O)c2ccc(NC3=NCCCS3)cc2)cc1. The number of nitrogens with one attached hydrogen (secondary N) is 1. The van der Waals surface area contributed by atoms with Gasteiger partial charge in [0.25, 0.3) is 0 Å². The van der Waals surface area contributed by atoms with E-state index in [2.05, 4.69) is 55.3 Å². The number of hydrogen-bond donors (Lipinski definition) is 1. The average Bonchev–Trinajstić information content (AvgIpc) is 2.67. The Labute approximate surface area is 166 Å². The van der Waals surface area contributed by atoms with Crippen LogP contribution < -0.4 is 5.32 Å². The molecule has 0 amide bonds. The maximum atomic E-state index is 12.4. The zero-order valence-electron chi connectivity index (χ0n) is 16.2. The van der Waals surface area contributed by atoms with Gasteiger partial charge in [-0.2, -0.15) is 0 Å². The number of nitrogens with zero attached hydrogens (tertiary/aromatic N) is 1. The third-order valence-corrected chi connectivity index (χ3v) is 5.42. The Balaban J connectivity index is 1.62. The molecular weight excluding hydrogens is 352 g/mol. The minimum Gasteiger partial charge on any atom is -0.335 e.